The molecule has 0 aromatic heterocycles. The highest BCUT2D eigenvalue weighted by atomic mass is 28.5. The van der Waals surface area contributed by atoms with E-state index >= 15 is 0 Å². The van der Waals surface area contributed by atoms with Crippen LogP contribution in [0.25, 0.3) is 0 Å². The van der Waals surface area contributed by atoms with E-state index < -0.39 is 42.3 Å². The van der Waals surface area contributed by atoms with Gasteiger partial charge >= 0.3 is 25.7 Å². The highest BCUT2D eigenvalue weighted by molar-refractivity contribution is 6.90. The molecule has 0 aromatic rings. The number of epoxide rings is 1. The van der Waals surface area contributed by atoms with Crippen molar-refractivity contribution in [2.75, 3.05) is 46.2 Å². The molecule has 1 heterocycles. The van der Waals surface area contributed by atoms with E-state index in [1.165, 1.54) is 0 Å². The lowest BCUT2D eigenvalue weighted by Crippen LogP contribution is -2.60. The van der Waals surface area contributed by atoms with E-state index in [0.717, 1.165) is 76.5 Å². The minimum absolute atomic E-state index is 0.282. The summed E-state index contributed by atoms with van der Waals surface area (Å²) in [7, 11) is -11.3. The Labute approximate surface area is 269 Å². The minimum Gasteiger partial charge on any atom is -0.437 e. The molecule has 0 spiro atoms. The fourth-order valence-electron chi connectivity index (χ4n) is 5.28. The Balaban J connectivity index is 2.64. The van der Waals surface area contributed by atoms with Gasteiger partial charge in [0.15, 0.2) is 16.6 Å². The first kappa shape index (κ1) is 41.5. The van der Waals surface area contributed by atoms with Crippen LogP contribution in [0.3, 0.4) is 0 Å². The molecule has 1 aliphatic rings. The number of unbranched alkanes of at least 4 members (excludes halogenated alkanes) is 5. The van der Waals surface area contributed by atoms with Crippen molar-refractivity contribution in [3.05, 3.63) is 0 Å². The molecule has 0 aromatic carbocycles. The van der Waals surface area contributed by atoms with Crippen LogP contribution in [-0.2, 0) is 40.2 Å². The standard InChI is InChI=1S/C29H66O9Si5/c1-39(2,3)35-41(7,8)37-43(10,26-17-21-32-24-23-31-20-16-14-12-11-13-15-19-30)38-42(9,36-40(4,5)6)25-18-22-33-27-29-28-34-29/h19,29H,11-18,20-28H2,1-10H3. The molecular weight excluding hydrogens is 633 g/mol. The largest absolute Gasteiger partial charge is 0.437 e. The van der Waals surface area contributed by atoms with E-state index in [9.17, 15) is 4.79 Å². The molecule has 1 fully saturated rings. The summed E-state index contributed by atoms with van der Waals surface area (Å²) in [6.45, 7) is 26.9. The third-order valence-corrected chi connectivity index (χ3v) is 24.8. The van der Waals surface area contributed by atoms with Gasteiger partial charge in [-0.1, -0.05) is 19.3 Å². The van der Waals surface area contributed by atoms with E-state index in [1.54, 1.807) is 0 Å². The summed E-state index contributed by atoms with van der Waals surface area (Å²) in [6.07, 6.45) is 9.23. The molecule has 14 heteroatoms. The third-order valence-electron chi connectivity index (χ3n) is 6.50. The van der Waals surface area contributed by atoms with Crippen LogP contribution in [0.1, 0.15) is 51.4 Å². The Kier molecular flexibility index (Phi) is 19.9. The number of hydrogen-bond donors (Lipinski definition) is 0. The van der Waals surface area contributed by atoms with Crippen molar-refractivity contribution in [3.8, 4) is 0 Å². The van der Waals surface area contributed by atoms with Gasteiger partial charge in [-0.15, -0.1) is 0 Å². The van der Waals surface area contributed by atoms with Crippen LogP contribution in [-0.4, -0.2) is 101 Å². The van der Waals surface area contributed by atoms with E-state index in [1.807, 2.05) is 0 Å². The SMILES string of the molecule is C[Si](C)(C)O[Si](C)(C)O[Si](C)(CCCOCCOCCCCCCCC=O)O[Si](C)(CCCOCC1CO1)O[Si](C)(C)C. The molecule has 0 amide bonds. The average Bonchev–Trinajstić information content (AvgIpc) is 3.65. The van der Waals surface area contributed by atoms with Gasteiger partial charge in [0.25, 0.3) is 0 Å². The van der Waals surface area contributed by atoms with E-state index in [4.69, 9.17) is 35.4 Å². The quantitative estimate of drug-likeness (QED) is 0.0344. The first-order valence-corrected chi connectivity index (χ1v) is 31.2. The van der Waals surface area contributed by atoms with Crippen molar-refractivity contribution in [3.63, 3.8) is 0 Å². The number of hydrogen-bond acceptors (Lipinski definition) is 9. The topological polar surface area (TPSA) is 94.2 Å². The molecule has 1 saturated heterocycles. The number of rotatable bonds is 29. The summed E-state index contributed by atoms with van der Waals surface area (Å²) in [5.41, 5.74) is 0. The van der Waals surface area contributed by atoms with Crippen molar-refractivity contribution in [2.24, 2.45) is 0 Å². The zero-order valence-corrected chi connectivity index (χ0v) is 34.3. The Morgan fingerprint density at radius 2 is 1.07 bits per heavy atom. The van der Waals surface area contributed by atoms with Gasteiger partial charge in [0.2, 0.25) is 0 Å². The molecule has 1 aliphatic heterocycles. The summed E-state index contributed by atoms with van der Waals surface area (Å²) >= 11 is 0. The van der Waals surface area contributed by atoms with Crippen LogP contribution in [0.5, 0.6) is 0 Å². The highest BCUT2D eigenvalue weighted by Gasteiger charge is 2.48. The third kappa shape index (κ3) is 24.3. The molecule has 0 radical (unpaired) electrons. The van der Waals surface area contributed by atoms with Crippen LogP contribution in [0.15, 0.2) is 0 Å². The lowest BCUT2D eigenvalue weighted by atomic mass is 10.1. The summed E-state index contributed by atoms with van der Waals surface area (Å²) in [5.74, 6) is 0. The molecule has 0 saturated carbocycles. The van der Waals surface area contributed by atoms with Crippen molar-refractivity contribution in [2.45, 2.75) is 135 Å². The van der Waals surface area contributed by atoms with Crippen LogP contribution in [0.4, 0.5) is 0 Å². The van der Waals surface area contributed by atoms with Gasteiger partial charge in [0, 0.05) is 26.2 Å². The zero-order chi connectivity index (χ0) is 32.5. The lowest BCUT2D eigenvalue weighted by Gasteiger charge is -2.44. The summed E-state index contributed by atoms with van der Waals surface area (Å²) in [4.78, 5) is 10.4. The van der Waals surface area contributed by atoms with Crippen molar-refractivity contribution in [1.29, 1.82) is 0 Å². The second-order valence-corrected chi connectivity index (χ2v) is 34.5. The number of carbonyl (C=O) groups excluding carboxylic acids is 1. The first-order chi connectivity index (χ1) is 20.0. The van der Waals surface area contributed by atoms with Gasteiger partial charge in [0.05, 0.1) is 26.4 Å². The maximum Gasteiger partial charge on any atom is 0.317 e. The molecular formula is C29H66O9Si5. The molecule has 43 heavy (non-hydrogen) atoms. The highest BCUT2D eigenvalue weighted by Crippen LogP contribution is 2.32. The Morgan fingerprint density at radius 1 is 0.581 bits per heavy atom. The van der Waals surface area contributed by atoms with E-state index in [2.05, 4.69) is 65.5 Å². The molecule has 0 bridgehead atoms. The number of aldehydes is 1. The number of ether oxygens (including phenoxy) is 4. The van der Waals surface area contributed by atoms with E-state index in [-0.39, 0.29) is 6.10 Å². The number of carbonyl (C=O) groups is 1. The molecule has 0 aliphatic carbocycles. The minimum atomic E-state index is -2.67. The van der Waals surface area contributed by atoms with Crippen LogP contribution < -0.4 is 0 Å². The van der Waals surface area contributed by atoms with Gasteiger partial charge in [0.1, 0.15) is 12.4 Å². The van der Waals surface area contributed by atoms with Gasteiger partial charge in [-0.2, -0.15) is 0 Å². The second kappa shape index (κ2) is 20.6. The summed E-state index contributed by atoms with van der Waals surface area (Å²) in [6, 6.07) is 1.70. The smallest absolute Gasteiger partial charge is 0.317 e. The maximum absolute atomic E-state index is 10.4. The van der Waals surface area contributed by atoms with Crippen LogP contribution >= 0.6 is 0 Å². The Bertz CT molecular complexity index is 747. The molecule has 9 nitrogen and oxygen atoms in total. The fraction of sp³-hybridized carbons (Fsp3) is 0.966. The van der Waals surface area contributed by atoms with Gasteiger partial charge < -0.3 is 40.2 Å². The lowest BCUT2D eigenvalue weighted by molar-refractivity contribution is -0.107. The average molecular weight is 699 g/mol. The van der Waals surface area contributed by atoms with Crippen molar-refractivity contribution in [1.82, 2.24) is 0 Å². The normalized spacial score (nSPS) is 18.8. The Morgan fingerprint density at radius 3 is 1.60 bits per heavy atom. The zero-order valence-electron chi connectivity index (χ0n) is 29.3. The van der Waals surface area contributed by atoms with Gasteiger partial charge in [-0.05, 0) is 103 Å². The van der Waals surface area contributed by atoms with Gasteiger partial charge in [-0.25, -0.2) is 0 Å². The van der Waals surface area contributed by atoms with Crippen LogP contribution in [0.2, 0.25) is 77.6 Å². The molecule has 1 rings (SSSR count). The first-order valence-electron chi connectivity index (χ1n) is 16.6. The second-order valence-electron chi connectivity index (χ2n) is 14.5. The van der Waals surface area contributed by atoms with Crippen LogP contribution in [0, 0.1) is 0 Å². The predicted octanol–water partition coefficient (Wildman–Crippen LogP) is 7.34. The van der Waals surface area contributed by atoms with Gasteiger partial charge in [-0.3, -0.25) is 0 Å². The van der Waals surface area contributed by atoms with Crippen molar-refractivity contribution < 1.29 is 40.2 Å². The van der Waals surface area contributed by atoms with E-state index in [0.29, 0.717) is 39.5 Å². The Hall–Kier alpha value is 0.434. The molecule has 256 valence electrons. The monoisotopic (exact) mass is 698 g/mol. The maximum atomic E-state index is 10.4. The van der Waals surface area contributed by atoms with Crippen molar-refractivity contribution >= 4 is 48.6 Å². The summed E-state index contributed by atoms with van der Waals surface area (Å²) in [5, 5.41) is 0. The molecule has 0 N–H and O–H groups in total. The predicted molar refractivity (Wildman–Crippen MR) is 187 cm³/mol. The molecule has 3 unspecified atom stereocenters. The summed E-state index contributed by atoms with van der Waals surface area (Å²) < 4.78 is 50.4. The molecule has 3 atom stereocenters. The fourth-order valence-corrected chi connectivity index (χ4v) is 29.0.